The number of anilines is 3. The van der Waals surface area contributed by atoms with Crippen molar-refractivity contribution in [3.05, 3.63) is 199 Å². The molecule has 0 saturated carbocycles. The van der Waals surface area contributed by atoms with Gasteiger partial charge in [-0.25, -0.2) is 0 Å². The van der Waals surface area contributed by atoms with E-state index in [1.807, 2.05) is 0 Å². The summed E-state index contributed by atoms with van der Waals surface area (Å²) in [5.74, 6) is 0. The number of nitrogens with zero attached hydrogens (tertiary/aromatic N) is 1. The Morgan fingerprint density at radius 2 is 0.904 bits per heavy atom. The Balaban J connectivity index is 1.10. The first kappa shape index (κ1) is 30.4. The van der Waals surface area contributed by atoms with Crippen molar-refractivity contribution in [3.63, 3.8) is 0 Å². The fraction of sp³-hybridized carbons (Fsp3) is 0.0588. The van der Waals surface area contributed by atoms with Crippen LogP contribution in [0.4, 0.5) is 17.1 Å². The zero-order valence-corrected chi connectivity index (χ0v) is 29.3. The highest BCUT2D eigenvalue weighted by Gasteiger charge is 2.35. The molecule has 9 aromatic carbocycles. The van der Waals surface area contributed by atoms with Crippen LogP contribution in [-0.2, 0) is 5.41 Å². The Bertz CT molecular complexity index is 2810. The average Bonchev–Trinajstić information content (AvgIpc) is 3.43. The molecule has 0 saturated heterocycles. The van der Waals surface area contributed by atoms with Crippen LogP contribution in [-0.4, -0.2) is 0 Å². The minimum absolute atomic E-state index is 0.0392. The Labute approximate surface area is 305 Å². The van der Waals surface area contributed by atoms with Gasteiger partial charge in [0.15, 0.2) is 0 Å². The number of hydrogen-bond donors (Lipinski definition) is 0. The molecule has 246 valence electrons. The zero-order chi connectivity index (χ0) is 34.8. The summed E-state index contributed by atoms with van der Waals surface area (Å²) in [6.45, 7) is 4.68. The van der Waals surface area contributed by atoms with E-state index < -0.39 is 0 Å². The Morgan fingerprint density at radius 3 is 1.75 bits per heavy atom. The molecule has 0 fully saturated rings. The van der Waals surface area contributed by atoms with Crippen LogP contribution in [0.25, 0.3) is 65.7 Å². The second-order valence-corrected chi connectivity index (χ2v) is 14.6. The first-order chi connectivity index (χ1) is 25.5. The predicted octanol–water partition coefficient (Wildman–Crippen LogP) is 14.3. The van der Waals surface area contributed by atoms with Crippen LogP contribution in [0.5, 0.6) is 0 Å². The minimum atomic E-state index is -0.0392. The van der Waals surface area contributed by atoms with Crippen LogP contribution in [0.2, 0.25) is 0 Å². The van der Waals surface area contributed by atoms with Gasteiger partial charge in [0.2, 0.25) is 0 Å². The van der Waals surface area contributed by atoms with Gasteiger partial charge in [0.25, 0.3) is 0 Å². The third-order valence-corrected chi connectivity index (χ3v) is 11.2. The van der Waals surface area contributed by atoms with Gasteiger partial charge >= 0.3 is 0 Å². The van der Waals surface area contributed by atoms with E-state index in [1.165, 1.54) is 76.8 Å². The fourth-order valence-electron chi connectivity index (χ4n) is 8.55. The van der Waals surface area contributed by atoms with Crippen molar-refractivity contribution in [2.75, 3.05) is 4.90 Å². The van der Waals surface area contributed by atoms with Gasteiger partial charge in [0.05, 0.1) is 0 Å². The minimum Gasteiger partial charge on any atom is -0.310 e. The third kappa shape index (κ3) is 4.85. The molecule has 0 spiro atoms. The highest BCUT2D eigenvalue weighted by Crippen LogP contribution is 2.50. The fourth-order valence-corrected chi connectivity index (χ4v) is 8.55. The van der Waals surface area contributed by atoms with Gasteiger partial charge in [-0.15, -0.1) is 0 Å². The van der Waals surface area contributed by atoms with Crippen LogP contribution < -0.4 is 4.90 Å². The molecule has 0 atom stereocenters. The van der Waals surface area contributed by atoms with Crippen molar-refractivity contribution in [2.24, 2.45) is 0 Å². The van der Waals surface area contributed by atoms with E-state index in [2.05, 4.69) is 207 Å². The smallest absolute Gasteiger partial charge is 0.0468 e. The van der Waals surface area contributed by atoms with Gasteiger partial charge in [-0.3, -0.25) is 0 Å². The number of hydrogen-bond acceptors (Lipinski definition) is 1. The quantitative estimate of drug-likeness (QED) is 0.166. The van der Waals surface area contributed by atoms with E-state index in [1.54, 1.807) is 0 Å². The van der Waals surface area contributed by atoms with Gasteiger partial charge in [0, 0.05) is 22.5 Å². The summed E-state index contributed by atoms with van der Waals surface area (Å²) in [5, 5.41) is 7.70. The topological polar surface area (TPSA) is 3.24 Å². The second kappa shape index (κ2) is 11.8. The number of benzene rings is 9. The van der Waals surface area contributed by atoms with Gasteiger partial charge < -0.3 is 4.90 Å². The molecule has 0 aliphatic heterocycles. The van der Waals surface area contributed by atoms with Gasteiger partial charge in [-0.1, -0.05) is 159 Å². The largest absolute Gasteiger partial charge is 0.310 e. The molecule has 0 bridgehead atoms. The van der Waals surface area contributed by atoms with E-state index in [9.17, 15) is 0 Å². The average molecular weight is 664 g/mol. The van der Waals surface area contributed by atoms with Gasteiger partial charge in [0.1, 0.15) is 0 Å². The second-order valence-electron chi connectivity index (χ2n) is 14.6. The molecule has 1 aliphatic rings. The van der Waals surface area contributed by atoms with Crippen molar-refractivity contribution >= 4 is 49.4 Å². The molecule has 1 aliphatic carbocycles. The first-order valence-electron chi connectivity index (χ1n) is 18.2. The molecule has 1 nitrogen and oxygen atoms in total. The van der Waals surface area contributed by atoms with Gasteiger partial charge in [-0.2, -0.15) is 0 Å². The lowest BCUT2D eigenvalue weighted by Gasteiger charge is -2.28. The maximum atomic E-state index is 2.41. The van der Waals surface area contributed by atoms with Crippen molar-refractivity contribution < 1.29 is 0 Å². The summed E-state index contributed by atoms with van der Waals surface area (Å²) in [7, 11) is 0. The van der Waals surface area contributed by atoms with E-state index in [0.29, 0.717) is 0 Å². The van der Waals surface area contributed by atoms with Gasteiger partial charge in [-0.05, 0) is 119 Å². The molecular weight excluding hydrogens is 627 g/mol. The van der Waals surface area contributed by atoms with Crippen LogP contribution in [0, 0.1) is 0 Å². The predicted molar refractivity (Wildman–Crippen MR) is 222 cm³/mol. The summed E-state index contributed by atoms with van der Waals surface area (Å²) >= 11 is 0. The lowest BCUT2D eigenvalue weighted by atomic mass is 9.82. The Kier molecular flexibility index (Phi) is 6.91. The SMILES string of the molecule is CC1(C)c2ccccc2-c2cc(N(c3ccc(-c4ccc5ccc6c7ccccc7ccc6c5c4)cc3)c3cccc(-c4ccccc4)c3)ccc21. The first-order valence-corrected chi connectivity index (χ1v) is 18.2. The molecule has 0 aromatic heterocycles. The third-order valence-electron chi connectivity index (χ3n) is 11.2. The Hall–Kier alpha value is -6.44. The maximum Gasteiger partial charge on any atom is 0.0468 e. The van der Waals surface area contributed by atoms with Crippen molar-refractivity contribution in [2.45, 2.75) is 19.3 Å². The van der Waals surface area contributed by atoms with Crippen LogP contribution in [0.1, 0.15) is 25.0 Å². The molecule has 0 radical (unpaired) electrons. The van der Waals surface area contributed by atoms with Crippen LogP contribution >= 0.6 is 0 Å². The van der Waals surface area contributed by atoms with E-state index in [0.717, 1.165) is 17.1 Å². The van der Waals surface area contributed by atoms with Crippen molar-refractivity contribution in [3.8, 4) is 33.4 Å². The summed E-state index contributed by atoms with van der Waals surface area (Å²) in [6.07, 6.45) is 0. The van der Waals surface area contributed by atoms with E-state index >= 15 is 0 Å². The molecule has 0 unspecified atom stereocenters. The molecule has 1 heteroatoms. The highest BCUT2D eigenvalue weighted by atomic mass is 15.1. The molecule has 10 rings (SSSR count). The normalized spacial score (nSPS) is 13.0. The zero-order valence-electron chi connectivity index (χ0n) is 29.3. The lowest BCUT2D eigenvalue weighted by Crippen LogP contribution is -2.15. The van der Waals surface area contributed by atoms with E-state index in [-0.39, 0.29) is 5.41 Å². The Morgan fingerprint density at radius 1 is 0.327 bits per heavy atom. The lowest BCUT2D eigenvalue weighted by molar-refractivity contribution is 0.660. The summed E-state index contributed by atoms with van der Waals surface area (Å²) in [6, 6.07) is 69.2. The molecule has 52 heavy (non-hydrogen) atoms. The van der Waals surface area contributed by atoms with E-state index in [4.69, 9.17) is 0 Å². The molecule has 9 aromatic rings. The number of fused-ring (bicyclic) bond motifs is 8. The highest BCUT2D eigenvalue weighted by molar-refractivity contribution is 6.17. The maximum absolute atomic E-state index is 2.41. The number of rotatable bonds is 5. The van der Waals surface area contributed by atoms with Crippen LogP contribution in [0.3, 0.4) is 0 Å². The summed E-state index contributed by atoms with van der Waals surface area (Å²) < 4.78 is 0. The molecular formula is C51H37N. The molecule has 0 N–H and O–H groups in total. The molecule has 0 amide bonds. The van der Waals surface area contributed by atoms with Crippen LogP contribution in [0.15, 0.2) is 188 Å². The molecule has 0 heterocycles. The summed E-state index contributed by atoms with van der Waals surface area (Å²) in [5.41, 5.74) is 13.6. The van der Waals surface area contributed by atoms with Crippen molar-refractivity contribution in [1.29, 1.82) is 0 Å². The monoisotopic (exact) mass is 663 g/mol. The summed E-state index contributed by atoms with van der Waals surface area (Å²) in [4.78, 5) is 2.41. The van der Waals surface area contributed by atoms with Crippen molar-refractivity contribution in [1.82, 2.24) is 0 Å². The standard InChI is InChI=1S/C51H37N/c1-51(2)49-18-9-8-17-46(49)48-33-42(27-30-50(48)51)52(41-15-10-14-38(31-41)34-11-4-3-5-12-34)40-25-21-35(22-26-40)39-20-19-37-24-28-44-43-16-7-6-13-36(43)23-29-45(44)47(37)32-39/h3-33H,1-2H3.